The van der Waals surface area contributed by atoms with Crippen LogP contribution in [0.4, 0.5) is 0 Å². The molecule has 0 radical (unpaired) electrons. The van der Waals surface area contributed by atoms with Crippen LogP contribution in [-0.2, 0) is 4.79 Å². The minimum absolute atomic E-state index is 0.0801. The highest BCUT2D eigenvalue weighted by atomic mass is 16.1. The molecule has 0 aromatic heterocycles. The molecule has 1 heterocycles. The standard InChI is InChI=1S/C11H17NO.C2H6.C2H2/c1-4-8(2)7-10-9(3)5-6-12-11(10)13;2*1-2/h7H,4-6H2,1-3H3,(H,12,13);1-2H3;1-2H/b8-7+;;. The summed E-state index contributed by atoms with van der Waals surface area (Å²) in [4.78, 5) is 11.4. The number of terminal acetylenes is 1. The van der Waals surface area contributed by atoms with E-state index in [-0.39, 0.29) is 5.91 Å². The van der Waals surface area contributed by atoms with Gasteiger partial charge in [-0.1, -0.05) is 38.0 Å². The van der Waals surface area contributed by atoms with E-state index in [1.54, 1.807) is 0 Å². The Morgan fingerprint density at radius 3 is 2.35 bits per heavy atom. The van der Waals surface area contributed by atoms with Crippen molar-refractivity contribution < 1.29 is 4.79 Å². The lowest BCUT2D eigenvalue weighted by molar-refractivity contribution is -0.117. The van der Waals surface area contributed by atoms with Gasteiger partial charge in [0.05, 0.1) is 0 Å². The molecule has 17 heavy (non-hydrogen) atoms. The van der Waals surface area contributed by atoms with E-state index in [1.165, 1.54) is 11.1 Å². The quantitative estimate of drug-likeness (QED) is 0.730. The van der Waals surface area contributed by atoms with Crippen LogP contribution in [0.3, 0.4) is 0 Å². The number of hydrogen-bond acceptors (Lipinski definition) is 1. The van der Waals surface area contributed by atoms with Gasteiger partial charge in [-0.3, -0.25) is 4.79 Å². The van der Waals surface area contributed by atoms with E-state index in [0.717, 1.165) is 25.0 Å². The number of amides is 1. The third kappa shape index (κ3) is 6.63. The van der Waals surface area contributed by atoms with Gasteiger partial charge in [0.15, 0.2) is 0 Å². The summed E-state index contributed by atoms with van der Waals surface area (Å²) in [5, 5.41) is 2.85. The Balaban J connectivity index is 0. The van der Waals surface area contributed by atoms with Crippen molar-refractivity contribution in [1.82, 2.24) is 5.32 Å². The van der Waals surface area contributed by atoms with E-state index in [2.05, 4.69) is 32.0 Å². The summed E-state index contributed by atoms with van der Waals surface area (Å²) in [6, 6.07) is 0. The van der Waals surface area contributed by atoms with Gasteiger partial charge in [0.2, 0.25) is 0 Å². The predicted molar refractivity (Wildman–Crippen MR) is 75.6 cm³/mol. The number of hydrogen-bond donors (Lipinski definition) is 1. The van der Waals surface area contributed by atoms with Crippen LogP contribution in [0, 0.1) is 12.8 Å². The molecule has 0 fully saturated rings. The number of rotatable bonds is 2. The molecule has 0 atom stereocenters. The molecule has 2 nitrogen and oxygen atoms in total. The minimum atomic E-state index is 0.0801. The Hall–Kier alpha value is -1.49. The van der Waals surface area contributed by atoms with Gasteiger partial charge in [0.1, 0.15) is 0 Å². The first-order valence-electron chi connectivity index (χ1n) is 6.13. The smallest absolute Gasteiger partial charge is 0.251 e. The summed E-state index contributed by atoms with van der Waals surface area (Å²) in [7, 11) is 0. The molecule has 0 saturated carbocycles. The monoisotopic (exact) mass is 235 g/mol. The zero-order valence-electron chi connectivity index (χ0n) is 11.8. The largest absolute Gasteiger partial charge is 0.352 e. The zero-order valence-corrected chi connectivity index (χ0v) is 11.8. The van der Waals surface area contributed by atoms with Crippen molar-refractivity contribution in [2.45, 2.75) is 47.5 Å². The summed E-state index contributed by atoms with van der Waals surface area (Å²) >= 11 is 0. The average Bonchev–Trinajstić information content (AvgIpc) is 2.38. The van der Waals surface area contributed by atoms with Crippen LogP contribution >= 0.6 is 0 Å². The molecule has 0 aliphatic carbocycles. The molecule has 0 spiro atoms. The van der Waals surface area contributed by atoms with Gasteiger partial charge < -0.3 is 5.32 Å². The van der Waals surface area contributed by atoms with Gasteiger partial charge in [-0.05, 0) is 26.7 Å². The highest BCUT2D eigenvalue weighted by molar-refractivity contribution is 5.97. The Morgan fingerprint density at radius 2 is 1.94 bits per heavy atom. The second kappa shape index (κ2) is 11.0. The van der Waals surface area contributed by atoms with E-state index in [9.17, 15) is 4.79 Å². The first-order chi connectivity index (χ1) is 8.15. The van der Waals surface area contributed by atoms with Crippen LogP contribution in [0.15, 0.2) is 22.8 Å². The van der Waals surface area contributed by atoms with Gasteiger partial charge in [0.25, 0.3) is 5.91 Å². The zero-order chi connectivity index (χ0) is 13.8. The molecule has 1 N–H and O–H groups in total. The van der Waals surface area contributed by atoms with E-state index in [1.807, 2.05) is 26.8 Å². The van der Waals surface area contributed by atoms with Crippen molar-refractivity contribution in [2.75, 3.05) is 6.54 Å². The third-order valence-electron chi connectivity index (χ3n) is 2.44. The Kier molecular flexibility index (Phi) is 11.6. The van der Waals surface area contributed by atoms with E-state index in [4.69, 9.17) is 0 Å². The van der Waals surface area contributed by atoms with E-state index in [0.29, 0.717) is 0 Å². The first-order valence-corrected chi connectivity index (χ1v) is 6.13. The van der Waals surface area contributed by atoms with Crippen molar-refractivity contribution in [3.8, 4) is 12.8 Å². The van der Waals surface area contributed by atoms with Crippen molar-refractivity contribution in [1.29, 1.82) is 0 Å². The fourth-order valence-corrected chi connectivity index (χ4v) is 1.32. The van der Waals surface area contributed by atoms with Crippen LogP contribution in [0.1, 0.15) is 47.5 Å². The summed E-state index contributed by atoms with van der Waals surface area (Å²) < 4.78 is 0. The van der Waals surface area contributed by atoms with Gasteiger partial charge in [-0.2, -0.15) is 0 Å². The van der Waals surface area contributed by atoms with Crippen molar-refractivity contribution in [3.05, 3.63) is 22.8 Å². The van der Waals surface area contributed by atoms with Crippen molar-refractivity contribution in [2.24, 2.45) is 0 Å². The van der Waals surface area contributed by atoms with Gasteiger partial charge in [-0.15, -0.1) is 12.8 Å². The average molecular weight is 235 g/mol. The van der Waals surface area contributed by atoms with Gasteiger partial charge in [0, 0.05) is 12.1 Å². The molecule has 1 aliphatic heterocycles. The lowest BCUT2D eigenvalue weighted by Crippen LogP contribution is -2.30. The summed E-state index contributed by atoms with van der Waals surface area (Å²) in [6.07, 6.45) is 12.0. The number of allylic oxidation sites excluding steroid dienone is 1. The highest BCUT2D eigenvalue weighted by Gasteiger charge is 2.14. The second-order valence-corrected chi connectivity index (χ2v) is 3.54. The van der Waals surface area contributed by atoms with Gasteiger partial charge >= 0.3 is 0 Å². The molecule has 1 amide bonds. The normalized spacial score (nSPS) is 15.0. The van der Waals surface area contributed by atoms with Crippen molar-refractivity contribution >= 4 is 5.91 Å². The summed E-state index contributed by atoms with van der Waals surface area (Å²) in [5.74, 6) is 0.0801. The Bertz CT molecular complexity index is 308. The molecular weight excluding hydrogens is 210 g/mol. The Morgan fingerprint density at radius 1 is 1.41 bits per heavy atom. The molecule has 0 saturated heterocycles. The number of carbonyl (C=O) groups excluding carboxylic acids is 1. The second-order valence-electron chi connectivity index (χ2n) is 3.54. The molecular formula is C15H25NO. The molecule has 0 aromatic rings. The molecule has 0 aromatic carbocycles. The van der Waals surface area contributed by atoms with Crippen LogP contribution in [0.25, 0.3) is 0 Å². The molecule has 96 valence electrons. The fraction of sp³-hybridized carbons (Fsp3) is 0.533. The summed E-state index contributed by atoms with van der Waals surface area (Å²) in [6.45, 7) is 11.0. The molecule has 0 unspecified atom stereocenters. The molecule has 1 rings (SSSR count). The van der Waals surface area contributed by atoms with E-state index < -0.39 is 0 Å². The van der Waals surface area contributed by atoms with Crippen LogP contribution < -0.4 is 5.32 Å². The minimum Gasteiger partial charge on any atom is -0.352 e. The maximum Gasteiger partial charge on any atom is 0.251 e. The Labute approximate surface area is 106 Å². The maximum absolute atomic E-state index is 11.4. The lowest BCUT2D eigenvalue weighted by atomic mass is 10.00. The van der Waals surface area contributed by atoms with Crippen LogP contribution in [-0.4, -0.2) is 12.5 Å². The number of carbonyl (C=O) groups is 1. The molecule has 1 aliphatic rings. The van der Waals surface area contributed by atoms with Crippen LogP contribution in [0.2, 0.25) is 0 Å². The highest BCUT2D eigenvalue weighted by Crippen LogP contribution is 2.16. The lowest BCUT2D eigenvalue weighted by Gasteiger charge is -2.16. The van der Waals surface area contributed by atoms with Gasteiger partial charge in [-0.25, -0.2) is 0 Å². The molecule has 0 bridgehead atoms. The van der Waals surface area contributed by atoms with Crippen LogP contribution in [0.5, 0.6) is 0 Å². The SMILES string of the molecule is C#C.CC.CC/C(C)=C/C1=C(C)CCNC1=O. The van der Waals surface area contributed by atoms with E-state index >= 15 is 0 Å². The fourth-order valence-electron chi connectivity index (χ4n) is 1.32. The van der Waals surface area contributed by atoms with Crippen molar-refractivity contribution in [3.63, 3.8) is 0 Å². The molecule has 2 heteroatoms. The number of nitrogens with one attached hydrogen (secondary N) is 1. The predicted octanol–water partition coefficient (Wildman–Crippen LogP) is 3.45. The third-order valence-corrected chi connectivity index (χ3v) is 2.44. The maximum atomic E-state index is 11.4. The topological polar surface area (TPSA) is 29.1 Å². The summed E-state index contributed by atoms with van der Waals surface area (Å²) in [5.41, 5.74) is 3.33. The first kappa shape index (κ1) is 17.9.